The van der Waals surface area contributed by atoms with Crippen molar-refractivity contribution in [2.75, 3.05) is 26.2 Å². The molecule has 2 atom stereocenters. The van der Waals surface area contributed by atoms with Crippen LogP contribution in [0.1, 0.15) is 50.7 Å². The Morgan fingerprint density at radius 2 is 2.09 bits per heavy atom. The zero-order valence-electron chi connectivity index (χ0n) is 14.2. The maximum Gasteiger partial charge on any atom is 0.219 e. The fourth-order valence-electron chi connectivity index (χ4n) is 4.98. The minimum atomic E-state index is -0.0501. The van der Waals surface area contributed by atoms with Crippen LogP contribution in [0.4, 0.5) is 0 Å². The second kappa shape index (κ2) is 5.58. The topological polar surface area (TPSA) is 65.1 Å². The Kier molecular flexibility index (Phi) is 3.67. The quantitative estimate of drug-likeness (QED) is 0.897. The van der Waals surface area contributed by atoms with Gasteiger partial charge in [-0.2, -0.15) is 5.10 Å². The van der Waals surface area contributed by atoms with E-state index in [4.69, 9.17) is 0 Å². The lowest BCUT2D eigenvalue weighted by atomic mass is 9.71. The van der Waals surface area contributed by atoms with Crippen molar-refractivity contribution in [2.45, 2.75) is 57.4 Å². The van der Waals surface area contributed by atoms with Crippen LogP contribution in [0.25, 0.3) is 0 Å². The van der Waals surface area contributed by atoms with Crippen LogP contribution in [0.5, 0.6) is 0 Å². The SMILES string of the molecule is CC(=O)N1C[C@H]2CN(C3CCCC3)CC[C@@]2(c2n[nH]c(C)n2)C1. The maximum atomic E-state index is 12.0. The number of fused-ring (bicyclic) bond motifs is 1. The number of H-pyrrole nitrogens is 1. The third-order valence-corrected chi connectivity index (χ3v) is 6.32. The standard InChI is InChI=1S/C17H27N5O/c1-12-18-16(20-19-12)17-7-8-21(15-5-3-4-6-15)9-14(17)10-22(11-17)13(2)23/h14-15H,3-11H2,1-2H3,(H,18,19,20)/t14-,17-/m1/s1. The number of carbonyl (C=O) groups is 1. The molecule has 23 heavy (non-hydrogen) atoms. The molecule has 1 N–H and O–H groups in total. The summed E-state index contributed by atoms with van der Waals surface area (Å²) in [6.45, 7) is 7.47. The van der Waals surface area contributed by atoms with Gasteiger partial charge < -0.3 is 4.90 Å². The molecule has 0 radical (unpaired) electrons. The molecule has 126 valence electrons. The molecule has 0 unspecified atom stereocenters. The van der Waals surface area contributed by atoms with Crippen molar-refractivity contribution in [1.29, 1.82) is 0 Å². The molecule has 1 amide bonds. The predicted octanol–water partition coefficient (Wildman–Crippen LogP) is 1.48. The first-order valence-corrected chi connectivity index (χ1v) is 8.97. The number of aromatic amines is 1. The number of aryl methyl sites for hydroxylation is 1. The Labute approximate surface area is 137 Å². The highest BCUT2D eigenvalue weighted by Gasteiger charge is 2.54. The van der Waals surface area contributed by atoms with Crippen molar-refractivity contribution in [3.8, 4) is 0 Å². The van der Waals surface area contributed by atoms with Gasteiger partial charge in [0.1, 0.15) is 5.82 Å². The Morgan fingerprint density at radius 3 is 2.74 bits per heavy atom. The fourth-order valence-corrected chi connectivity index (χ4v) is 4.98. The van der Waals surface area contributed by atoms with E-state index < -0.39 is 0 Å². The second-order valence-corrected chi connectivity index (χ2v) is 7.68. The number of amides is 1. The number of likely N-dealkylation sites (tertiary alicyclic amines) is 2. The molecule has 1 saturated carbocycles. The highest BCUT2D eigenvalue weighted by atomic mass is 16.2. The molecule has 2 saturated heterocycles. The summed E-state index contributed by atoms with van der Waals surface area (Å²) in [4.78, 5) is 21.3. The summed E-state index contributed by atoms with van der Waals surface area (Å²) in [7, 11) is 0. The lowest BCUT2D eigenvalue weighted by Gasteiger charge is -2.44. The van der Waals surface area contributed by atoms with E-state index in [2.05, 4.69) is 20.1 Å². The van der Waals surface area contributed by atoms with Gasteiger partial charge in [0.25, 0.3) is 0 Å². The molecular formula is C17H27N5O. The largest absolute Gasteiger partial charge is 0.342 e. The third-order valence-electron chi connectivity index (χ3n) is 6.32. The van der Waals surface area contributed by atoms with Crippen LogP contribution in [0.2, 0.25) is 0 Å². The van der Waals surface area contributed by atoms with Gasteiger partial charge >= 0.3 is 0 Å². The van der Waals surface area contributed by atoms with E-state index in [0.29, 0.717) is 5.92 Å². The van der Waals surface area contributed by atoms with Crippen LogP contribution in [0.3, 0.4) is 0 Å². The minimum Gasteiger partial charge on any atom is -0.342 e. The first-order valence-electron chi connectivity index (χ1n) is 8.97. The van der Waals surface area contributed by atoms with Crippen LogP contribution >= 0.6 is 0 Å². The lowest BCUT2D eigenvalue weighted by molar-refractivity contribution is -0.128. The zero-order valence-corrected chi connectivity index (χ0v) is 14.2. The Balaban J connectivity index is 1.61. The number of hydrogen-bond donors (Lipinski definition) is 1. The average molecular weight is 317 g/mol. The summed E-state index contributed by atoms with van der Waals surface area (Å²) in [5.41, 5.74) is -0.0501. The number of piperidine rings is 1. The maximum absolute atomic E-state index is 12.0. The lowest BCUT2D eigenvalue weighted by Crippen LogP contribution is -2.52. The van der Waals surface area contributed by atoms with E-state index in [9.17, 15) is 4.79 Å². The summed E-state index contributed by atoms with van der Waals surface area (Å²) in [5, 5.41) is 7.50. The van der Waals surface area contributed by atoms with Crippen molar-refractivity contribution in [3.63, 3.8) is 0 Å². The fraction of sp³-hybridized carbons (Fsp3) is 0.824. The highest BCUT2D eigenvalue weighted by Crippen LogP contribution is 2.45. The van der Waals surface area contributed by atoms with Gasteiger partial charge in [-0.1, -0.05) is 12.8 Å². The van der Waals surface area contributed by atoms with Crippen LogP contribution < -0.4 is 0 Å². The van der Waals surface area contributed by atoms with Crippen molar-refractivity contribution >= 4 is 5.91 Å². The first-order chi connectivity index (χ1) is 11.1. The molecule has 1 aliphatic carbocycles. The number of nitrogens with zero attached hydrogens (tertiary/aromatic N) is 4. The van der Waals surface area contributed by atoms with E-state index in [1.54, 1.807) is 6.92 Å². The summed E-state index contributed by atoms with van der Waals surface area (Å²) in [6.07, 6.45) is 6.49. The van der Waals surface area contributed by atoms with Gasteiger partial charge in [0.2, 0.25) is 5.91 Å². The summed E-state index contributed by atoms with van der Waals surface area (Å²) >= 11 is 0. The molecule has 4 rings (SSSR count). The molecule has 3 heterocycles. The molecule has 2 aliphatic heterocycles. The molecule has 1 aromatic rings. The minimum absolute atomic E-state index is 0.0501. The van der Waals surface area contributed by atoms with Crippen molar-refractivity contribution in [2.24, 2.45) is 5.92 Å². The van der Waals surface area contributed by atoms with Crippen LogP contribution in [-0.4, -0.2) is 63.1 Å². The average Bonchev–Trinajstić information content (AvgIpc) is 3.25. The number of hydrogen-bond acceptors (Lipinski definition) is 4. The van der Waals surface area contributed by atoms with Gasteiger partial charge in [0.05, 0.1) is 5.41 Å². The predicted molar refractivity (Wildman–Crippen MR) is 87.0 cm³/mol. The molecule has 3 fully saturated rings. The van der Waals surface area contributed by atoms with Gasteiger partial charge in [-0.15, -0.1) is 0 Å². The smallest absolute Gasteiger partial charge is 0.219 e. The molecule has 0 aromatic carbocycles. The van der Waals surface area contributed by atoms with Crippen molar-refractivity contribution in [3.05, 3.63) is 11.6 Å². The Morgan fingerprint density at radius 1 is 1.30 bits per heavy atom. The van der Waals surface area contributed by atoms with E-state index in [-0.39, 0.29) is 11.3 Å². The van der Waals surface area contributed by atoms with E-state index in [0.717, 1.165) is 50.3 Å². The number of aromatic nitrogens is 3. The highest BCUT2D eigenvalue weighted by molar-refractivity contribution is 5.74. The van der Waals surface area contributed by atoms with Crippen molar-refractivity contribution < 1.29 is 4.79 Å². The van der Waals surface area contributed by atoms with Crippen LogP contribution in [-0.2, 0) is 10.2 Å². The van der Waals surface area contributed by atoms with Crippen LogP contribution in [0.15, 0.2) is 0 Å². The summed E-state index contributed by atoms with van der Waals surface area (Å²) in [5.74, 6) is 2.43. The first kappa shape index (κ1) is 15.1. The van der Waals surface area contributed by atoms with E-state index in [1.807, 2.05) is 11.8 Å². The van der Waals surface area contributed by atoms with Gasteiger partial charge in [-0.05, 0) is 32.7 Å². The second-order valence-electron chi connectivity index (χ2n) is 7.68. The van der Waals surface area contributed by atoms with Gasteiger partial charge in [-0.25, -0.2) is 4.98 Å². The summed E-state index contributed by atoms with van der Waals surface area (Å²) in [6, 6.07) is 0.758. The Hall–Kier alpha value is -1.43. The molecule has 6 nitrogen and oxygen atoms in total. The van der Waals surface area contributed by atoms with Gasteiger partial charge in [0.15, 0.2) is 5.82 Å². The zero-order chi connectivity index (χ0) is 16.0. The van der Waals surface area contributed by atoms with E-state index in [1.165, 1.54) is 25.7 Å². The summed E-state index contributed by atoms with van der Waals surface area (Å²) < 4.78 is 0. The van der Waals surface area contributed by atoms with Crippen molar-refractivity contribution in [1.82, 2.24) is 25.0 Å². The molecule has 1 aromatic heterocycles. The third kappa shape index (κ3) is 2.47. The molecule has 3 aliphatic rings. The molecule has 0 bridgehead atoms. The molecular weight excluding hydrogens is 290 g/mol. The molecule has 6 heteroatoms. The molecule has 0 spiro atoms. The van der Waals surface area contributed by atoms with E-state index >= 15 is 0 Å². The number of nitrogens with one attached hydrogen (secondary N) is 1. The van der Waals surface area contributed by atoms with Crippen LogP contribution in [0, 0.1) is 12.8 Å². The normalized spacial score (nSPS) is 32.4. The Bertz CT molecular complexity index is 594. The number of carbonyl (C=O) groups excluding carboxylic acids is 1. The number of rotatable bonds is 2. The monoisotopic (exact) mass is 317 g/mol. The van der Waals surface area contributed by atoms with Gasteiger partial charge in [-0.3, -0.25) is 14.8 Å². The van der Waals surface area contributed by atoms with Gasteiger partial charge in [0, 0.05) is 38.5 Å².